The van der Waals surface area contributed by atoms with E-state index in [0.717, 1.165) is 0 Å². The second-order valence-corrected chi connectivity index (χ2v) is 9.00. The SMILES string of the molecule is CC1CC(NC(=O)c2cc(NC(=O)c3cc(-c4ncccc4F)ccc3Cl)n(-c3ccccc3)n2)NN1. The maximum Gasteiger partial charge on any atom is 0.273 e. The molecule has 2 unspecified atom stereocenters. The number of hydrazine groups is 1. The molecule has 5 rings (SSSR count). The molecule has 1 aliphatic rings. The first kappa shape index (κ1) is 24.6. The highest BCUT2D eigenvalue weighted by Crippen LogP contribution is 2.27. The van der Waals surface area contributed by atoms with Crippen LogP contribution in [-0.4, -0.2) is 38.8 Å². The topological polar surface area (TPSA) is 113 Å². The third kappa shape index (κ3) is 5.36. The number of amides is 2. The number of para-hydroxylation sites is 1. The van der Waals surface area contributed by atoms with Gasteiger partial charge in [0.1, 0.15) is 17.3 Å². The second-order valence-electron chi connectivity index (χ2n) is 8.60. The third-order valence-electron chi connectivity index (χ3n) is 5.83. The zero-order valence-electron chi connectivity index (χ0n) is 19.7. The van der Waals surface area contributed by atoms with E-state index in [1.807, 2.05) is 25.1 Å². The van der Waals surface area contributed by atoms with Gasteiger partial charge in [-0.15, -0.1) is 0 Å². The average molecular weight is 520 g/mol. The van der Waals surface area contributed by atoms with Crippen LogP contribution in [0.1, 0.15) is 34.2 Å². The molecule has 0 spiro atoms. The molecule has 4 N–H and O–H groups in total. The lowest BCUT2D eigenvalue weighted by atomic mass is 10.1. The van der Waals surface area contributed by atoms with Crippen molar-refractivity contribution in [3.05, 3.63) is 95.0 Å². The molecule has 11 heteroatoms. The summed E-state index contributed by atoms with van der Waals surface area (Å²) in [4.78, 5) is 30.3. The maximum atomic E-state index is 14.3. The summed E-state index contributed by atoms with van der Waals surface area (Å²) in [5.41, 5.74) is 7.44. The highest BCUT2D eigenvalue weighted by Gasteiger charge is 2.25. The number of anilines is 1. The number of hydrogen-bond acceptors (Lipinski definition) is 6. The number of pyridine rings is 1. The molecular formula is C26H23ClFN7O2. The van der Waals surface area contributed by atoms with Gasteiger partial charge in [-0.3, -0.25) is 20.0 Å². The predicted molar refractivity (Wildman–Crippen MR) is 138 cm³/mol. The van der Waals surface area contributed by atoms with Crippen molar-refractivity contribution < 1.29 is 14.0 Å². The Morgan fingerprint density at radius 1 is 1.05 bits per heavy atom. The fourth-order valence-electron chi connectivity index (χ4n) is 4.02. The molecule has 37 heavy (non-hydrogen) atoms. The van der Waals surface area contributed by atoms with Crippen LogP contribution >= 0.6 is 11.6 Å². The average Bonchev–Trinajstić information content (AvgIpc) is 3.51. The molecule has 0 saturated carbocycles. The van der Waals surface area contributed by atoms with Gasteiger partial charge in [-0.1, -0.05) is 35.9 Å². The fraction of sp³-hybridized carbons (Fsp3) is 0.154. The molecule has 1 saturated heterocycles. The highest BCUT2D eigenvalue weighted by atomic mass is 35.5. The molecule has 9 nitrogen and oxygen atoms in total. The Bertz CT molecular complexity index is 1460. The van der Waals surface area contributed by atoms with E-state index in [4.69, 9.17) is 11.6 Å². The van der Waals surface area contributed by atoms with Crippen molar-refractivity contribution >= 4 is 29.2 Å². The van der Waals surface area contributed by atoms with E-state index < -0.39 is 17.6 Å². The maximum absolute atomic E-state index is 14.3. The molecule has 3 heterocycles. The number of benzene rings is 2. The van der Waals surface area contributed by atoms with Gasteiger partial charge in [-0.2, -0.15) is 5.10 Å². The standard InChI is InChI=1S/C26H23ClFN7O2/c1-15-12-22(33-32-15)30-26(37)21-14-23(35(34-21)17-6-3-2-4-7-17)31-25(36)18-13-16(9-10-19(18)27)24-20(28)8-5-11-29-24/h2-11,13-15,22,32-33H,12H2,1H3,(H,30,37)(H,31,36). The van der Waals surface area contributed by atoms with Crippen LogP contribution in [0.25, 0.3) is 16.9 Å². The zero-order valence-corrected chi connectivity index (χ0v) is 20.5. The molecule has 2 amide bonds. The molecule has 0 bridgehead atoms. The smallest absolute Gasteiger partial charge is 0.273 e. The first-order chi connectivity index (χ1) is 17.9. The number of halogens is 2. The Balaban J connectivity index is 1.45. The summed E-state index contributed by atoms with van der Waals surface area (Å²) in [5.74, 6) is -1.21. The van der Waals surface area contributed by atoms with Crippen molar-refractivity contribution in [2.75, 3.05) is 5.32 Å². The summed E-state index contributed by atoms with van der Waals surface area (Å²) in [6.07, 6.45) is 1.92. The van der Waals surface area contributed by atoms with Crippen molar-refractivity contribution in [2.24, 2.45) is 0 Å². The van der Waals surface area contributed by atoms with E-state index in [9.17, 15) is 14.0 Å². The summed E-state index contributed by atoms with van der Waals surface area (Å²) in [7, 11) is 0. The van der Waals surface area contributed by atoms with Crippen molar-refractivity contribution in [2.45, 2.75) is 25.6 Å². The number of nitrogens with zero attached hydrogens (tertiary/aromatic N) is 3. The van der Waals surface area contributed by atoms with Crippen LogP contribution < -0.4 is 21.5 Å². The van der Waals surface area contributed by atoms with Gasteiger partial charge in [-0.25, -0.2) is 14.5 Å². The van der Waals surface area contributed by atoms with Gasteiger partial charge >= 0.3 is 0 Å². The highest BCUT2D eigenvalue weighted by molar-refractivity contribution is 6.34. The largest absolute Gasteiger partial charge is 0.334 e. The lowest BCUT2D eigenvalue weighted by molar-refractivity contribution is 0.0926. The summed E-state index contributed by atoms with van der Waals surface area (Å²) < 4.78 is 15.8. The monoisotopic (exact) mass is 519 g/mol. The summed E-state index contributed by atoms with van der Waals surface area (Å²) in [5, 5.41) is 10.3. The number of hydrogen-bond donors (Lipinski definition) is 4. The van der Waals surface area contributed by atoms with E-state index in [-0.39, 0.29) is 40.0 Å². The number of carbonyl (C=O) groups excluding carboxylic acids is 2. The summed E-state index contributed by atoms with van der Waals surface area (Å²) in [6, 6.07) is 18.1. The first-order valence-electron chi connectivity index (χ1n) is 11.6. The first-order valence-corrected chi connectivity index (χ1v) is 12.0. The molecule has 4 aromatic rings. The van der Waals surface area contributed by atoms with E-state index >= 15 is 0 Å². The minimum Gasteiger partial charge on any atom is -0.334 e. The Hall–Kier alpha value is -4.12. The quantitative estimate of drug-likeness (QED) is 0.307. The Morgan fingerprint density at radius 3 is 2.59 bits per heavy atom. The Kier molecular flexibility index (Phi) is 6.95. The number of nitrogens with one attached hydrogen (secondary N) is 4. The molecule has 188 valence electrons. The van der Waals surface area contributed by atoms with E-state index in [0.29, 0.717) is 17.7 Å². The normalized spacial score (nSPS) is 16.9. The number of rotatable bonds is 6. The van der Waals surface area contributed by atoms with Crippen molar-refractivity contribution in [1.29, 1.82) is 0 Å². The molecule has 0 radical (unpaired) electrons. The predicted octanol–water partition coefficient (Wildman–Crippen LogP) is 3.92. The lowest BCUT2D eigenvalue weighted by Gasteiger charge is -2.11. The fourth-order valence-corrected chi connectivity index (χ4v) is 4.22. The second kappa shape index (κ2) is 10.5. The number of carbonyl (C=O) groups is 2. The molecule has 2 aromatic heterocycles. The van der Waals surface area contributed by atoms with Crippen LogP contribution in [0.5, 0.6) is 0 Å². The zero-order chi connectivity index (χ0) is 25.9. The molecule has 1 fully saturated rings. The van der Waals surface area contributed by atoms with Gasteiger partial charge in [0, 0.05) is 23.9 Å². The van der Waals surface area contributed by atoms with Crippen LogP contribution in [0.15, 0.2) is 72.9 Å². The van der Waals surface area contributed by atoms with Gasteiger partial charge in [0.2, 0.25) is 0 Å². The van der Waals surface area contributed by atoms with Crippen molar-refractivity contribution in [3.63, 3.8) is 0 Å². The molecule has 2 aromatic carbocycles. The van der Waals surface area contributed by atoms with E-state index in [1.165, 1.54) is 41.2 Å². The van der Waals surface area contributed by atoms with Crippen LogP contribution in [0, 0.1) is 5.82 Å². The van der Waals surface area contributed by atoms with Gasteiger partial charge in [0.05, 0.1) is 22.4 Å². The Labute approximate surface area is 217 Å². The van der Waals surface area contributed by atoms with Crippen molar-refractivity contribution in [1.82, 2.24) is 30.9 Å². The van der Waals surface area contributed by atoms with Gasteiger partial charge in [0.25, 0.3) is 11.8 Å². The molecule has 2 atom stereocenters. The van der Waals surface area contributed by atoms with Crippen LogP contribution in [0.2, 0.25) is 5.02 Å². The van der Waals surface area contributed by atoms with E-state index in [2.05, 4.69) is 31.6 Å². The number of aromatic nitrogens is 3. The van der Waals surface area contributed by atoms with E-state index in [1.54, 1.807) is 18.2 Å². The molecule has 0 aliphatic carbocycles. The van der Waals surface area contributed by atoms with Crippen LogP contribution in [0.4, 0.5) is 10.2 Å². The lowest BCUT2D eigenvalue weighted by Crippen LogP contribution is -2.44. The third-order valence-corrected chi connectivity index (χ3v) is 6.16. The molecular weight excluding hydrogens is 497 g/mol. The van der Waals surface area contributed by atoms with Crippen molar-refractivity contribution in [3.8, 4) is 16.9 Å². The minimum atomic E-state index is -0.553. The van der Waals surface area contributed by atoms with Gasteiger partial charge in [0.15, 0.2) is 5.69 Å². The minimum absolute atomic E-state index is 0.103. The van der Waals surface area contributed by atoms with Gasteiger partial charge < -0.3 is 10.6 Å². The summed E-state index contributed by atoms with van der Waals surface area (Å²) in [6.45, 7) is 2.00. The van der Waals surface area contributed by atoms with Crippen LogP contribution in [0.3, 0.4) is 0 Å². The Morgan fingerprint density at radius 2 is 1.86 bits per heavy atom. The van der Waals surface area contributed by atoms with Crippen LogP contribution in [-0.2, 0) is 0 Å². The molecule has 1 aliphatic heterocycles. The summed E-state index contributed by atoms with van der Waals surface area (Å²) >= 11 is 6.33. The van der Waals surface area contributed by atoms with Gasteiger partial charge in [-0.05, 0) is 49.7 Å².